The van der Waals surface area contributed by atoms with E-state index in [0.29, 0.717) is 13.2 Å². The minimum absolute atomic E-state index is 0.407. The number of ether oxygens (including phenoxy) is 1. The Labute approximate surface area is 132 Å². The summed E-state index contributed by atoms with van der Waals surface area (Å²) >= 11 is 1.93. The molecule has 21 heavy (non-hydrogen) atoms. The average molecular weight is 311 g/mol. The van der Waals surface area contributed by atoms with Gasteiger partial charge in [0.2, 0.25) is 0 Å². The molecule has 120 valence electrons. The molecule has 0 aliphatic heterocycles. The van der Waals surface area contributed by atoms with Crippen LogP contribution in [-0.4, -0.2) is 31.0 Å². The number of rotatable bonds is 10. The summed E-state index contributed by atoms with van der Waals surface area (Å²) in [5.74, 6) is 0.729. The first kappa shape index (κ1) is 16.9. The Balaban J connectivity index is 1.51. The van der Waals surface area contributed by atoms with E-state index in [-0.39, 0.29) is 0 Å². The second-order valence-electron chi connectivity index (χ2n) is 6.41. The van der Waals surface area contributed by atoms with Crippen LogP contribution in [0.3, 0.4) is 0 Å². The van der Waals surface area contributed by atoms with E-state index in [1.54, 1.807) is 10.4 Å². The van der Waals surface area contributed by atoms with Crippen molar-refractivity contribution >= 4 is 11.3 Å². The van der Waals surface area contributed by atoms with Gasteiger partial charge in [0.15, 0.2) is 0 Å². The lowest BCUT2D eigenvalue weighted by molar-refractivity contribution is 0.0347. The molecule has 0 amide bonds. The van der Waals surface area contributed by atoms with Crippen molar-refractivity contribution in [1.82, 2.24) is 5.32 Å². The Morgan fingerprint density at radius 2 is 2.24 bits per heavy atom. The molecule has 1 unspecified atom stereocenters. The molecular formula is C17H29NO2S. The molecule has 3 nitrogen and oxygen atoms in total. The number of aliphatic hydroxyl groups excluding tert-OH is 1. The Bertz CT molecular complexity index is 395. The Kier molecular flexibility index (Phi) is 7.17. The Morgan fingerprint density at radius 3 is 3.00 bits per heavy atom. The molecule has 1 atom stereocenters. The Hall–Kier alpha value is -0.420. The molecule has 0 radical (unpaired) electrons. The highest BCUT2D eigenvalue weighted by molar-refractivity contribution is 7.12. The summed E-state index contributed by atoms with van der Waals surface area (Å²) in [5.41, 5.74) is 1.55. The summed E-state index contributed by atoms with van der Waals surface area (Å²) in [5, 5.41) is 13.2. The van der Waals surface area contributed by atoms with Crippen molar-refractivity contribution in [2.45, 2.75) is 58.6 Å². The number of nitrogens with one attached hydrogen (secondary N) is 1. The number of hydrogen-bond acceptors (Lipinski definition) is 4. The van der Waals surface area contributed by atoms with Gasteiger partial charge in [0.25, 0.3) is 0 Å². The van der Waals surface area contributed by atoms with Gasteiger partial charge in [0, 0.05) is 29.5 Å². The first-order chi connectivity index (χ1) is 10.1. The second kappa shape index (κ2) is 8.89. The third-order valence-corrected chi connectivity index (χ3v) is 5.09. The van der Waals surface area contributed by atoms with Gasteiger partial charge < -0.3 is 15.2 Å². The predicted octanol–water partition coefficient (Wildman–Crippen LogP) is 3.14. The number of aryl methyl sites for hydroxylation is 2. The van der Waals surface area contributed by atoms with Gasteiger partial charge in [-0.3, -0.25) is 0 Å². The molecule has 0 fully saturated rings. The van der Waals surface area contributed by atoms with Crippen molar-refractivity contribution in [3.05, 3.63) is 21.4 Å². The molecule has 0 spiro atoms. The zero-order chi connectivity index (χ0) is 15.1. The quantitative estimate of drug-likeness (QED) is 0.652. The lowest BCUT2D eigenvalue weighted by Gasteiger charge is -2.12. The fraction of sp³-hybridized carbons (Fsp3) is 0.765. The highest BCUT2D eigenvalue weighted by Gasteiger charge is 2.14. The summed E-state index contributed by atoms with van der Waals surface area (Å²) in [6.07, 6.45) is 5.69. The number of hydrogen-bond donors (Lipinski definition) is 2. The molecule has 0 aromatic carbocycles. The molecule has 4 heteroatoms. The highest BCUT2D eigenvalue weighted by atomic mass is 32.1. The number of thiophene rings is 1. The normalized spacial score (nSPS) is 15.6. The minimum atomic E-state index is -0.407. The SMILES string of the molecule is CC(C)CCCOCC(O)CNCc1cc2c(s1)CCC2. The van der Waals surface area contributed by atoms with Crippen molar-refractivity contribution in [3.8, 4) is 0 Å². The van der Waals surface area contributed by atoms with E-state index in [0.717, 1.165) is 25.5 Å². The maximum Gasteiger partial charge on any atom is 0.0897 e. The Morgan fingerprint density at radius 1 is 1.38 bits per heavy atom. The maximum absolute atomic E-state index is 9.87. The van der Waals surface area contributed by atoms with Crippen LogP contribution in [0.5, 0.6) is 0 Å². The van der Waals surface area contributed by atoms with E-state index in [9.17, 15) is 5.11 Å². The smallest absolute Gasteiger partial charge is 0.0897 e. The summed E-state index contributed by atoms with van der Waals surface area (Å²) in [6.45, 7) is 7.10. The lowest BCUT2D eigenvalue weighted by Crippen LogP contribution is -2.30. The van der Waals surface area contributed by atoms with E-state index in [1.165, 1.54) is 30.6 Å². The zero-order valence-electron chi connectivity index (χ0n) is 13.4. The predicted molar refractivity (Wildman–Crippen MR) is 88.9 cm³/mol. The van der Waals surface area contributed by atoms with E-state index in [2.05, 4.69) is 25.2 Å². The zero-order valence-corrected chi connectivity index (χ0v) is 14.2. The summed E-state index contributed by atoms with van der Waals surface area (Å²) < 4.78 is 5.51. The fourth-order valence-electron chi connectivity index (χ4n) is 2.71. The van der Waals surface area contributed by atoms with Gasteiger partial charge in [-0.2, -0.15) is 0 Å². The summed E-state index contributed by atoms with van der Waals surface area (Å²) in [7, 11) is 0. The van der Waals surface area contributed by atoms with Crippen LogP contribution in [0.15, 0.2) is 6.07 Å². The van der Waals surface area contributed by atoms with Crippen LogP contribution in [0.25, 0.3) is 0 Å². The van der Waals surface area contributed by atoms with Gasteiger partial charge in [-0.1, -0.05) is 13.8 Å². The average Bonchev–Trinajstić information content (AvgIpc) is 2.98. The van der Waals surface area contributed by atoms with Gasteiger partial charge >= 0.3 is 0 Å². The van der Waals surface area contributed by atoms with Crippen LogP contribution < -0.4 is 5.32 Å². The molecule has 1 aliphatic rings. The van der Waals surface area contributed by atoms with Crippen LogP contribution in [-0.2, 0) is 24.1 Å². The molecule has 1 aromatic rings. The van der Waals surface area contributed by atoms with E-state index >= 15 is 0 Å². The van der Waals surface area contributed by atoms with Crippen molar-refractivity contribution in [3.63, 3.8) is 0 Å². The largest absolute Gasteiger partial charge is 0.389 e. The van der Waals surface area contributed by atoms with Crippen molar-refractivity contribution in [1.29, 1.82) is 0 Å². The first-order valence-corrected chi connectivity index (χ1v) is 9.03. The standard InChI is InChI=1S/C17H29NO2S/c1-13(2)5-4-8-20-12-15(19)10-18-11-16-9-14-6-3-7-17(14)21-16/h9,13,15,18-19H,3-8,10-12H2,1-2H3. The van der Waals surface area contributed by atoms with E-state index in [4.69, 9.17) is 4.74 Å². The van der Waals surface area contributed by atoms with Gasteiger partial charge in [-0.05, 0) is 49.7 Å². The third kappa shape index (κ3) is 6.07. The molecule has 0 saturated heterocycles. The molecule has 1 aliphatic carbocycles. The van der Waals surface area contributed by atoms with Crippen LogP contribution in [0, 0.1) is 5.92 Å². The van der Waals surface area contributed by atoms with Crippen LogP contribution >= 0.6 is 11.3 Å². The van der Waals surface area contributed by atoms with Gasteiger partial charge in [0.1, 0.15) is 0 Å². The van der Waals surface area contributed by atoms with E-state index < -0.39 is 6.10 Å². The maximum atomic E-state index is 9.87. The van der Waals surface area contributed by atoms with Gasteiger partial charge in [-0.15, -0.1) is 11.3 Å². The number of fused-ring (bicyclic) bond motifs is 1. The van der Waals surface area contributed by atoms with Gasteiger partial charge in [-0.25, -0.2) is 0 Å². The van der Waals surface area contributed by atoms with Crippen molar-refractivity contribution in [2.24, 2.45) is 5.92 Å². The van der Waals surface area contributed by atoms with E-state index in [1.807, 2.05) is 11.3 Å². The van der Waals surface area contributed by atoms with Crippen LogP contribution in [0.4, 0.5) is 0 Å². The molecular weight excluding hydrogens is 282 g/mol. The van der Waals surface area contributed by atoms with Crippen LogP contribution in [0.2, 0.25) is 0 Å². The molecule has 0 bridgehead atoms. The van der Waals surface area contributed by atoms with Crippen LogP contribution in [0.1, 0.15) is 48.4 Å². The first-order valence-electron chi connectivity index (χ1n) is 8.22. The van der Waals surface area contributed by atoms with Gasteiger partial charge in [0.05, 0.1) is 12.7 Å². The molecule has 2 N–H and O–H groups in total. The monoisotopic (exact) mass is 311 g/mol. The topological polar surface area (TPSA) is 41.5 Å². The lowest BCUT2D eigenvalue weighted by atomic mass is 10.1. The highest BCUT2D eigenvalue weighted by Crippen LogP contribution is 2.30. The number of aliphatic hydroxyl groups is 1. The van der Waals surface area contributed by atoms with Crippen molar-refractivity contribution < 1.29 is 9.84 Å². The molecule has 1 heterocycles. The molecule has 0 saturated carbocycles. The molecule has 1 aromatic heterocycles. The molecule has 2 rings (SSSR count). The van der Waals surface area contributed by atoms with Crippen molar-refractivity contribution in [2.75, 3.05) is 19.8 Å². The minimum Gasteiger partial charge on any atom is -0.389 e. The third-order valence-electron chi connectivity index (χ3n) is 3.86. The fourth-order valence-corrected chi connectivity index (χ4v) is 3.94. The second-order valence-corrected chi connectivity index (χ2v) is 7.63. The summed E-state index contributed by atoms with van der Waals surface area (Å²) in [4.78, 5) is 2.96. The summed E-state index contributed by atoms with van der Waals surface area (Å²) in [6, 6.07) is 2.33.